The summed E-state index contributed by atoms with van der Waals surface area (Å²) in [6.45, 7) is 6.74. The largest absolute Gasteiger partial charge is 0.301 e. The minimum absolute atomic E-state index is 0.633. The summed E-state index contributed by atoms with van der Waals surface area (Å²) in [6.07, 6.45) is 8.61. The molecule has 1 saturated carbocycles. The van der Waals surface area contributed by atoms with Gasteiger partial charge in [-0.15, -0.1) is 0 Å². The third-order valence-corrected chi connectivity index (χ3v) is 6.33. The van der Waals surface area contributed by atoms with Crippen LogP contribution in [-0.4, -0.2) is 53.9 Å². The summed E-state index contributed by atoms with van der Waals surface area (Å²) < 4.78 is 0. The van der Waals surface area contributed by atoms with Crippen molar-refractivity contribution in [3.63, 3.8) is 0 Å². The molecule has 1 atom stereocenters. The van der Waals surface area contributed by atoms with Crippen LogP contribution >= 0.6 is 15.9 Å². The minimum Gasteiger partial charge on any atom is -0.301 e. The summed E-state index contributed by atoms with van der Waals surface area (Å²) in [6, 6.07) is 0.880. The lowest BCUT2D eigenvalue weighted by Gasteiger charge is -2.44. The standard InChI is InChI=1S/C14H25BrN2/c15-11-14(5-2-6-14)12-16-7-3-9-17-8-1-4-13(17)10-16/h13H,1-12H2. The molecule has 2 saturated heterocycles. The van der Waals surface area contributed by atoms with Crippen molar-refractivity contribution in [3.8, 4) is 0 Å². The monoisotopic (exact) mass is 300 g/mol. The van der Waals surface area contributed by atoms with Gasteiger partial charge in [-0.25, -0.2) is 0 Å². The number of nitrogens with zero attached hydrogens (tertiary/aromatic N) is 2. The molecule has 3 rings (SSSR count). The quantitative estimate of drug-likeness (QED) is 0.740. The van der Waals surface area contributed by atoms with Crippen molar-refractivity contribution < 1.29 is 0 Å². The lowest BCUT2D eigenvalue weighted by atomic mass is 9.70. The Hall–Kier alpha value is 0.400. The highest BCUT2D eigenvalue weighted by Crippen LogP contribution is 2.43. The maximum absolute atomic E-state index is 3.75. The highest BCUT2D eigenvalue weighted by atomic mass is 79.9. The fourth-order valence-corrected chi connectivity index (χ4v) is 4.65. The summed E-state index contributed by atoms with van der Waals surface area (Å²) in [5, 5.41) is 1.21. The molecule has 2 aliphatic heterocycles. The Kier molecular flexibility index (Phi) is 3.79. The summed E-state index contributed by atoms with van der Waals surface area (Å²) >= 11 is 3.75. The number of hydrogen-bond donors (Lipinski definition) is 0. The van der Waals surface area contributed by atoms with E-state index in [0.717, 1.165) is 6.04 Å². The third-order valence-electron chi connectivity index (χ3n) is 5.14. The zero-order chi connectivity index (χ0) is 11.7. The molecule has 0 aromatic carbocycles. The second-order valence-electron chi connectivity index (χ2n) is 6.41. The molecule has 0 bridgehead atoms. The first-order valence-corrected chi connectivity index (χ1v) is 8.46. The van der Waals surface area contributed by atoms with Crippen LogP contribution in [0.2, 0.25) is 0 Å². The minimum atomic E-state index is 0.633. The van der Waals surface area contributed by atoms with Crippen LogP contribution in [0.25, 0.3) is 0 Å². The molecule has 3 fully saturated rings. The van der Waals surface area contributed by atoms with Gasteiger partial charge in [-0.2, -0.15) is 0 Å². The summed E-state index contributed by atoms with van der Waals surface area (Å²) in [5.41, 5.74) is 0.633. The van der Waals surface area contributed by atoms with Crippen LogP contribution in [0.3, 0.4) is 0 Å². The Labute approximate surface area is 114 Å². The van der Waals surface area contributed by atoms with Gasteiger partial charge in [-0.1, -0.05) is 22.4 Å². The Morgan fingerprint density at radius 1 is 1.06 bits per heavy atom. The summed E-state index contributed by atoms with van der Waals surface area (Å²) in [5.74, 6) is 0. The second-order valence-corrected chi connectivity index (χ2v) is 6.97. The van der Waals surface area contributed by atoms with Gasteiger partial charge < -0.3 is 4.90 Å². The molecule has 0 aromatic rings. The van der Waals surface area contributed by atoms with Gasteiger partial charge in [0.05, 0.1) is 0 Å². The zero-order valence-electron chi connectivity index (χ0n) is 10.8. The van der Waals surface area contributed by atoms with Crippen LogP contribution in [-0.2, 0) is 0 Å². The molecule has 2 nitrogen and oxygen atoms in total. The zero-order valence-corrected chi connectivity index (χ0v) is 12.4. The highest BCUT2D eigenvalue weighted by Gasteiger charge is 2.39. The molecule has 17 heavy (non-hydrogen) atoms. The number of halogens is 1. The van der Waals surface area contributed by atoms with Crippen LogP contribution in [0.4, 0.5) is 0 Å². The predicted octanol–water partition coefficient (Wildman–Crippen LogP) is 2.72. The maximum atomic E-state index is 3.75. The van der Waals surface area contributed by atoms with Gasteiger partial charge in [0.2, 0.25) is 0 Å². The second kappa shape index (κ2) is 5.18. The topological polar surface area (TPSA) is 6.48 Å². The highest BCUT2D eigenvalue weighted by molar-refractivity contribution is 9.09. The van der Waals surface area contributed by atoms with E-state index in [1.54, 1.807) is 0 Å². The fraction of sp³-hybridized carbons (Fsp3) is 1.00. The molecule has 0 radical (unpaired) electrons. The molecular formula is C14H25BrN2. The SMILES string of the molecule is BrCC1(CN2CCCN3CCCC3C2)CCC1. The van der Waals surface area contributed by atoms with Crippen molar-refractivity contribution >= 4 is 15.9 Å². The molecule has 0 amide bonds. The van der Waals surface area contributed by atoms with E-state index in [4.69, 9.17) is 0 Å². The summed E-state index contributed by atoms with van der Waals surface area (Å²) in [4.78, 5) is 5.51. The van der Waals surface area contributed by atoms with E-state index in [-0.39, 0.29) is 0 Å². The summed E-state index contributed by atoms with van der Waals surface area (Å²) in [7, 11) is 0. The molecule has 1 aliphatic carbocycles. The van der Waals surface area contributed by atoms with Gasteiger partial charge in [-0.05, 0) is 57.2 Å². The molecule has 3 aliphatic rings. The van der Waals surface area contributed by atoms with E-state index in [9.17, 15) is 0 Å². The molecule has 3 heteroatoms. The Balaban J connectivity index is 1.59. The molecule has 98 valence electrons. The van der Waals surface area contributed by atoms with Crippen LogP contribution in [0.15, 0.2) is 0 Å². The number of alkyl halides is 1. The predicted molar refractivity (Wildman–Crippen MR) is 75.7 cm³/mol. The van der Waals surface area contributed by atoms with E-state index >= 15 is 0 Å². The van der Waals surface area contributed by atoms with E-state index < -0.39 is 0 Å². The third kappa shape index (κ3) is 2.57. The van der Waals surface area contributed by atoms with Gasteiger partial charge in [-0.3, -0.25) is 4.90 Å². The van der Waals surface area contributed by atoms with Gasteiger partial charge >= 0.3 is 0 Å². The van der Waals surface area contributed by atoms with Crippen LogP contribution < -0.4 is 0 Å². The van der Waals surface area contributed by atoms with Crippen molar-refractivity contribution in [1.29, 1.82) is 0 Å². The molecule has 1 unspecified atom stereocenters. The van der Waals surface area contributed by atoms with Gasteiger partial charge in [0, 0.05) is 24.5 Å². The molecule has 0 spiro atoms. The molecular weight excluding hydrogens is 276 g/mol. The van der Waals surface area contributed by atoms with Gasteiger partial charge in [0.25, 0.3) is 0 Å². The van der Waals surface area contributed by atoms with E-state index in [0.29, 0.717) is 5.41 Å². The Morgan fingerprint density at radius 3 is 2.59 bits per heavy atom. The normalized spacial score (nSPS) is 34.1. The molecule has 0 N–H and O–H groups in total. The van der Waals surface area contributed by atoms with E-state index in [1.807, 2.05) is 0 Å². The Morgan fingerprint density at radius 2 is 1.88 bits per heavy atom. The number of hydrogen-bond acceptors (Lipinski definition) is 2. The smallest absolute Gasteiger partial charge is 0.0223 e. The lowest BCUT2D eigenvalue weighted by Crippen LogP contribution is -2.46. The number of fused-ring (bicyclic) bond motifs is 1. The average Bonchev–Trinajstić information content (AvgIpc) is 2.63. The van der Waals surface area contributed by atoms with Crippen LogP contribution in [0.1, 0.15) is 38.5 Å². The first kappa shape index (κ1) is 12.4. The van der Waals surface area contributed by atoms with Crippen LogP contribution in [0.5, 0.6) is 0 Å². The first-order valence-electron chi connectivity index (χ1n) is 7.34. The van der Waals surface area contributed by atoms with E-state index in [1.165, 1.54) is 76.6 Å². The van der Waals surface area contributed by atoms with Crippen molar-refractivity contribution in [1.82, 2.24) is 9.80 Å². The fourth-order valence-electron chi connectivity index (χ4n) is 3.91. The number of rotatable bonds is 3. The van der Waals surface area contributed by atoms with Gasteiger partial charge in [0.15, 0.2) is 0 Å². The van der Waals surface area contributed by atoms with Crippen LogP contribution in [0, 0.1) is 5.41 Å². The average molecular weight is 301 g/mol. The van der Waals surface area contributed by atoms with Gasteiger partial charge in [0.1, 0.15) is 0 Å². The molecule has 2 heterocycles. The maximum Gasteiger partial charge on any atom is 0.0223 e. The van der Waals surface area contributed by atoms with Crippen molar-refractivity contribution in [2.24, 2.45) is 5.41 Å². The first-order chi connectivity index (χ1) is 8.31. The van der Waals surface area contributed by atoms with Crippen molar-refractivity contribution in [2.75, 3.05) is 38.1 Å². The van der Waals surface area contributed by atoms with E-state index in [2.05, 4.69) is 25.7 Å². The lowest BCUT2D eigenvalue weighted by molar-refractivity contribution is 0.0864. The van der Waals surface area contributed by atoms with Crippen molar-refractivity contribution in [2.45, 2.75) is 44.6 Å². The molecule has 0 aromatic heterocycles. The Bertz CT molecular complexity index is 259. The van der Waals surface area contributed by atoms with Crippen molar-refractivity contribution in [3.05, 3.63) is 0 Å².